The molecule has 0 aliphatic rings. The van der Waals surface area contributed by atoms with Crippen molar-refractivity contribution in [2.24, 2.45) is 5.92 Å². The lowest BCUT2D eigenvalue weighted by atomic mass is 10.1. The quantitative estimate of drug-likeness (QED) is 0.668. The third-order valence-corrected chi connectivity index (χ3v) is 2.17. The maximum Gasteiger partial charge on any atom is 0.219 e. The Balaban J connectivity index is 0. The molecule has 0 rings (SSSR count). The summed E-state index contributed by atoms with van der Waals surface area (Å²) in [5, 5.41) is 0. The molecule has 0 fully saturated rings. The number of nitrogens with zero attached hydrogens (tertiary/aromatic N) is 1. The van der Waals surface area contributed by atoms with Crippen molar-refractivity contribution in [3.05, 3.63) is 0 Å². The lowest BCUT2D eigenvalue weighted by molar-refractivity contribution is -0.129. The van der Waals surface area contributed by atoms with Gasteiger partial charge in [0.15, 0.2) is 0 Å². The summed E-state index contributed by atoms with van der Waals surface area (Å²) in [6.45, 7) is 13.9. The predicted octanol–water partition coefficient (Wildman–Crippen LogP) is 3.32. The zero-order valence-electron chi connectivity index (χ0n) is 10.8. The van der Waals surface area contributed by atoms with Gasteiger partial charge in [-0.1, -0.05) is 41.0 Å². The number of amides is 1. The Hall–Kier alpha value is -0.530. The molecule has 0 aromatic rings. The van der Waals surface area contributed by atoms with Crippen LogP contribution in [0.25, 0.3) is 0 Å². The number of hydrogen-bond donors (Lipinski definition) is 0. The van der Waals surface area contributed by atoms with E-state index in [1.54, 1.807) is 6.92 Å². The number of carbonyl (C=O) groups is 1. The molecule has 0 radical (unpaired) electrons. The summed E-state index contributed by atoms with van der Waals surface area (Å²) in [5.74, 6) is 0.831. The van der Waals surface area contributed by atoms with E-state index in [-0.39, 0.29) is 5.91 Å². The van der Waals surface area contributed by atoms with Crippen LogP contribution in [-0.4, -0.2) is 23.9 Å². The SMILES string of the molecule is CC.CCCN(CC(C)CC)C(C)=O. The molecule has 0 aliphatic carbocycles. The zero-order valence-corrected chi connectivity index (χ0v) is 10.8. The molecule has 86 valence electrons. The van der Waals surface area contributed by atoms with Crippen LogP contribution >= 0.6 is 0 Å². The zero-order chi connectivity index (χ0) is 11.6. The smallest absolute Gasteiger partial charge is 0.219 e. The van der Waals surface area contributed by atoms with E-state index in [2.05, 4.69) is 20.8 Å². The monoisotopic (exact) mass is 201 g/mol. The molecule has 0 aliphatic heterocycles. The molecule has 0 saturated carbocycles. The van der Waals surface area contributed by atoms with Crippen LogP contribution in [-0.2, 0) is 4.79 Å². The fourth-order valence-electron chi connectivity index (χ4n) is 1.15. The molecule has 1 amide bonds. The Morgan fingerprint density at radius 1 is 1.29 bits per heavy atom. The second-order valence-electron chi connectivity index (χ2n) is 3.48. The Bertz CT molecular complexity index is 134. The Morgan fingerprint density at radius 3 is 2.07 bits per heavy atom. The van der Waals surface area contributed by atoms with Crippen LogP contribution in [0.15, 0.2) is 0 Å². The minimum Gasteiger partial charge on any atom is -0.343 e. The summed E-state index contributed by atoms with van der Waals surface area (Å²) in [4.78, 5) is 13.0. The first-order chi connectivity index (χ1) is 6.61. The summed E-state index contributed by atoms with van der Waals surface area (Å²) >= 11 is 0. The average molecular weight is 201 g/mol. The molecule has 2 heteroatoms. The van der Waals surface area contributed by atoms with Crippen LogP contribution in [0.2, 0.25) is 0 Å². The van der Waals surface area contributed by atoms with Crippen LogP contribution in [0, 0.1) is 5.92 Å². The van der Waals surface area contributed by atoms with Crippen molar-refractivity contribution in [2.45, 2.75) is 54.4 Å². The van der Waals surface area contributed by atoms with Gasteiger partial charge in [0, 0.05) is 20.0 Å². The van der Waals surface area contributed by atoms with Crippen molar-refractivity contribution < 1.29 is 4.79 Å². The van der Waals surface area contributed by atoms with Gasteiger partial charge in [-0.25, -0.2) is 0 Å². The molecular weight excluding hydrogens is 174 g/mol. The molecule has 0 aromatic heterocycles. The van der Waals surface area contributed by atoms with Gasteiger partial charge in [0.25, 0.3) is 0 Å². The van der Waals surface area contributed by atoms with Gasteiger partial charge in [-0.2, -0.15) is 0 Å². The van der Waals surface area contributed by atoms with E-state index in [4.69, 9.17) is 0 Å². The molecule has 0 aromatic carbocycles. The van der Waals surface area contributed by atoms with E-state index in [0.717, 1.165) is 25.9 Å². The molecule has 2 nitrogen and oxygen atoms in total. The van der Waals surface area contributed by atoms with E-state index in [1.165, 1.54) is 0 Å². The van der Waals surface area contributed by atoms with Crippen molar-refractivity contribution >= 4 is 5.91 Å². The second-order valence-corrected chi connectivity index (χ2v) is 3.48. The highest BCUT2D eigenvalue weighted by Gasteiger charge is 2.09. The number of carbonyl (C=O) groups excluding carboxylic acids is 1. The molecule has 0 heterocycles. The van der Waals surface area contributed by atoms with Gasteiger partial charge < -0.3 is 4.90 Å². The van der Waals surface area contributed by atoms with Crippen LogP contribution in [0.1, 0.15) is 54.4 Å². The summed E-state index contributed by atoms with van der Waals surface area (Å²) < 4.78 is 0. The maximum absolute atomic E-state index is 11.1. The second kappa shape index (κ2) is 10.6. The van der Waals surface area contributed by atoms with E-state index < -0.39 is 0 Å². The van der Waals surface area contributed by atoms with Crippen LogP contribution in [0.5, 0.6) is 0 Å². The van der Waals surface area contributed by atoms with Gasteiger partial charge in [-0.15, -0.1) is 0 Å². The largest absolute Gasteiger partial charge is 0.343 e. The summed E-state index contributed by atoms with van der Waals surface area (Å²) in [5.41, 5.74) is 0. The van der Waals surface area contributed by atoms with Crippen molar-refractivity contribution in [1.82, 2.24) is 4.90 Å². The third kappa shape index (κ3) is 8.09. The first-order valence-electron chi connectivity index (χ1n) is 5.87. The van der Waals surface area contributed by atoms with Crippen molar-refractivity contribution in [1.29, 1.82) is 0 Å². The molecule has 1 atom stereocenters. The van der Waals surface area contributed by atoms with Gasteiger partial charge in [0.1, 0.15) is 0 Å². The molecule has 0 N–H and O–H groups in total. The van der Waals surface area contributed by atoms with Crippen molar-refractivity contribution in [3.8, 4) is 0 Å². The van der Waals surface area contributed by atoms with Gasteiger partial charge >= 0.3 is 0 Å². The van der Waals surface area contributed by atoms with E-state index in [0.29, 0.717) is 5.92 Å². The molecule has 0 saturated heterocycles. The van der Waals surface area contributed by atoms with Crippen molar-refractivity contribution in [2.75, 3.05) is 13.1 Å². The first-order valence-corrected chi connectivity index (χ1v) is 5.87. The van der Waals surface area contributed by atoms with Gasteiger partial charge in [-0.3, -0.25) is 4.79 Å². The van der Waals surface area contributed by atoms with Crippen molar-refractivity contribution in [3.63, 3.8) is 0 Å². The number of rotatable bonds is 5. The minimum absolute atomic E-state index is 0.206. The lowest BCUT2D eigenvalue weighted by Crippen LogP contribution is -2.33. The third-order valence-electron chi connectivity index (χ3n) is 2.17. The highest BCUT2D eigenvalue weighted by atomic mass is 16.2. The highest BCUT2D eigenvalue weighted by Crippen LogP contribution is 2.04. The standard InChI is InChI=1S/C10H21NO.C2H6/c1-5-7-11(10(4)12)8-9(3)6-2;1-2/h9H,5-8H2,1-4H3;1-2H3. The highest BCUT2D eigenvalue weighted by molar-refractivity contribution is 5.73. The van der Waals surface area contributed by atoms with E-state index >= 15 is 0 Å². The summed E-state index contributed by atoms with van der Waals surface area (Å²) in [7, 11) is 0. The fraction of sp³-hybridized carbons (Fsp3) is 0.917. The van der Waals surface area contributed by atoms with E-state index in [1.807, 2.05) is 18.7 Å². The molecule has 1 unspecified atom stereocenters. The molecule has 0 spiro atoms. The van der Waals surface area contributed by atoms with Crippen LogP contribution < -0.4 is 0 Å². The van der Waals surface area contributed by atoms with E-state index in [9.17, 15) is 4.79 Å². The summed E-state index contributed by atoms with van der Waals surface area (Å²) in [6.07, 6.45) is 2.20. The average Bonchev–Trinajstić information content (AvgIpc) is 2.19. The molecular formula is C12H27NO. The minimum atomic E-state index is 0.206. The predicted molar refractivity (Wildman–Crippen MR) is 63.3 cm³/mol. The lowest BCUT2D eigenvalue weighted by Gasteiger charge is -2.23. The Labute approximate surface area is 89.7 Å². The Kier molecular flexibility index (Phi) is 12.0. The van der Waals surface area contributed by atoms with Crippen LogP contribution in [0.3, 0.4) is 0 Å². The fourth-order valence-corrected chi connectivity index (χ4v) is 1.15. The van der Waals surface area contributed by atoms with Gasteiger partial charge in [-0.05, 0) is 12.3 Å². The van der Waals surface area contributed by atoms with Gasteiger partial charge in [0.2, 0.25) is 5.91 Å². The normalized spacial score (nSPS) is 11.3. The Morgan fingerprint density at radius 2 is 1.79 bits per heavy atom. The molecule has 14 heavy (non-hydrogen) atoms. The van der Waals surface area contributed by atoms with Gasteiger partial charge in [0.05, 0.1) is 0 Å². The van der Waals surface area contributed by atoms with Crippen LogP contribution in [0.4, 0.5) is 0 Å². The number of hydrogen-bond acceptors (Lipinski definition) is 1. The first kappa shape index (κ1) is 15.9. The summed E-state index contributed by atoms with van der Waals surface area (Å²) in [6, 6.07) is 0. The molecule has 0 bridgehead atoms. The maximum atomic E-state index is 11.1. The topological polar surface area (TPSA) is 20.3 Å².